The molecule has 4 N–H and O–H groups in total. The fourth-order valence-electron chi connectivity index (χ4n) is 3.27. The summed E-state index contributed by atoms with van der Waals surface area (Å²) in [5.74, 6) is 0.0977. The first-order valence-corrected chi connectivity index (χ1v) is 7.46. The SMILES string of the molecule is Cc1c(C(N)=O)cc(C2CCNNCC2)c2ccccc12. The number of fused-ring (bicyclic) bond motifs is 1. The number of benzene rings is 2. The summed E-state index contributed by atoms with van der Waals surface area (Å²) in [6.07, 6.45) is 2.11. The standard InChI is InChI=1S/C17H21N3O/c1-11-13-4-2-3-5-14(13)16(10-15(11)17(18)21)12-6-8-19-20-9-7-12/h2-5,10,12,19-20H,6-9H2,1H3,(H2,18,21). The number of aryl methyl sites for hydroxylation is 1. The molecule has 1 aliphatic rings. The van der Waals surface area contributed by atoms with Crippen LogP contribution in [-0.2, 0) is 0 Å². The molecule has 0 saturated carbocycles. The lowest BCUT2D eigenvalue weighted by Crippen LogP contribution is -2.30. The minimum Gasteiger partial charge on any atom is -0.366 e. The van der Waals surface area contributed by atoms with Gasteiger partial charge in [0.2, 0.25) is 5.91 Å². The van der Waals surface area contributed by atoms with Crippen LogP contribution in [0.1, 0.15) is 40.2 Å². The van der Waals surface area contributed by atoms with Gasteiger partial charge in [-0.05, 0) is 53.6 Å². The number of carbonyl (C=O) groups is 1. The van der Waals surface area contributed by atoms with E-state index >= 15 is 0 Å². The van der Waals surface area contributed by atoms with Crippen LogP contribution in [0.15, 0.2) is 30.3 Å². The summed E-state index contributed by atoms with van der Waals surface area (Å²) >= 11 is 0. The van der Waals surface area contributed by atoms with Crippen molar-refractivity contribution >= 4 is 16.7 Å². The highest BCUT2D eigenvalue weighted by Gasteiger charge is 2.20. The molecule has 0 spiro atoms. The number of nitrogens with two attached hydrogens (primary N) is 1. The van der Waals surface area contributed by atoms with E-state index in [4.69, 9.17) is 5.73 Å². The summed E-state index contributed by atoms with van der Waals surface area (Å²) in [6, 6.07) is 10.3. The van der Waals surface area contributed by atoms with Gasteiger partial charge in [-0.3, -0.25) is 15.6 Å². The molecule has 1 saturated heterocycles. The molecule has 21 heavy (non-hydrogen) atoms. The summed E-state index contributed by atoms with van der Waals surface area (Å²) in [6.45, 7) is 3.83. The van der Waals surface area contributed by atoms with Gasteiger partial charge in [0.25, 0.3) is 0 Å². The second kappa shape index (κ2) is 5.84. The van der Waals surface area contributed by atoms with E-state index < -0.39 is 0 Å². The molecular formula is C17H21N3O. The first-order valence-electron chi connectivity index (χ1n) is 7.46. The van der Waals surface area contributed by atoms with Gasteiger partial charge in [0.15, 0.2) is 0 Å². The molecule has 0 unspecified atom stereocenters. The van der Waals surface area contributed by atoms with Crippen LogP contribution in [0, 0.1) is 6.92 Å². The Morgan fingerprint density at radius 2 is 1.76 bits per heavy atom. The smallest absolute Gasteiger partial charge is 0.248 e. The fraction of sp³-hybridized carbons (Fsp3) is 0.353. The molecule has 4 nitrogen and oxygen atoms in total. The molecule has 0 aromatic heterocycles. The van der Waals surface area contributed by atoms with Crippen molar-refractivity contribution < 1.29 is 4.79 Å². The predicted molar refractivity (Wildman–Crippen MR) is 85.2 cm³/mol. The van der Waals surface area contributed by atoms with Crippen LogP contribution in [0.25, 0.3) is 10.8 Å². The van der Waals surface area contributed by atoms with Crippen molar-refractivity contribution in [1.29, 1.82) is 0 Å². The highest BCUT2D eigenvalue weighted by Crippen LogP contribution is 2.34. The summed E-state index contributed by atoms with van der Waals surface area (Å²) in [5.41, 5.74) is 14.8. The number of hydrazine groups is 1. The summed E-state index contributed by atoms with van der Waals surface area (Å²) < 4.78 is 0. The minimum absolute atomic E-state index is 0.343. The molecule has 1 heterocycles. The summed E-state index contributed by atoms with van der Waals surface area (Å²) in [4.78, 5) is 11.8. The number of hydrogen-bond donors (Lipinski definition) is 3. The average Bonchev–Trinajstić information content (AvgIpc) is 2.76. The van der Waals surface area contributed by atoms with E-state index in [9.17, 15) is 4.79 Å². The van der Waals surface area contributed by atoms with E-state index in [1.54, 1.807) is 0 Å². The van der Waals surface area contributed by atoms with Gasteiger partial charge >= 0.3 is 0 Å². The van der Waals surface area contributed by atoms with Crippen LogP contribution in [0.4, 0.5) is 0 Å². The first kappa shape index (κ1) is 14.0. The lowest BCUT2D eigenvalue weighted by molar-refractivity contribution is 0.1000. The van der Waals surface area contributed by atoms with Crippen molar-refractivity contribution in [3.8, 4) is 0 Å². The maximum Gasteiger partial charge on any atom is 0.248 e. The molecule has 2 aromatic carbocycles. The Morgan fingerprint density at radius 1 is 1.14 bits per heavy atom. The summed E-state index contributed by atoms with van der Waals surface area (Å²) in [7, 11) is 0. The number of carbonyl (C=O) groups excluding carboxylic acids is 1. The molecule has 0 bridgehead atoms. The van der Waals surface area contributed by atoms with Crippen molar-refractivity contribution in [2.75, 3.05) is 13.1 Å². The zero-order valence-electron chi connectivity index (χ0n) is 12.3. The highest BCUT2D eigenvalue weighted by atomic mass is 16.1. The molecule has 2 aromatic rings. The largest absolute Gasteiger partial charge is 0.366 e. The maximum absolute atomic E-state index is 11.8. The van der Waals surface area contributed by atoms with Gasteiger partial charge in [-0.2, -0.15) is 0 Å². The molecule has 1 amide bonds. The lowest BCUT2D eigenvalue weighted by atomic mass is 9.85. The third-order valence-corrected chi connectivity index (χ3v) is 4.41. The maximum atomic E-state index is 11.8. The van der Waals surface area contributed by atoms with Crippen LogP contribution in [0.3, 0.4) is 0 Å². The van der Waals surface area contributed by atoms with Crippen molar-refractivity contribution in [2.45, 2.75) is 25.7 Å². The van der Waals surface area contributed by atoms with E-state index in [0.29, 0.717) is 11.5 Å². The Balaban J connectivity index is 2.20. The van der Waals surface area contributed by atoms with Crippen molar-refractivity contribution in [1.82, 2.24) is 10.9 Å². The Bertz CT molecular complexity index is 673. The van der Waals surface area contributed by atoms with Gasteiger partial charge in [0.1, 0.15) is 0 Å². The van der Waals surface area contributed by atoms with E-state index in [0.717, 1.165) is 36.9 Å². The Kier molecular flexibility index (Phi) is 3.90. The number of rotatable bonds is 2. The normalized spacial score (nSPS) is 16.8. The lowest BCUT2D eigenvalue weighted by Gasteiger charge is -2.19. The molecule has 4 heteroatoms. The monoisotopic (exact) mass is 283 g/mol. The van der Waals surface area contributed by atoms with Gasteiger partial charge in [-0.15, -0.1) is 0 Å². The van der Waals surface area contributed by atoms with Gasteiger partial charge in [-0.25, -0.2) is 0 Å². The van der Waals surface area contributed by atoms with Crippen LogP contribution in [0.5, 0.6) is 0 Å². The number of amides is 1. The zero-order chi connectivity index (χ0) is 14.8. The van der Waals surface area contributed by atoms with Crippen molar-refractivity contribution in [3.05, 3.63) is 47.0 Å². The van der Waals surface area contributed by atoms with Crippen molar-refractivity contribution in [2.24, 2.45) is 5.73 Å². The molecular weight excluding hydrogens is 262 g/mol. The van der Waals surface area contributed by atoms with Crippen LogP contribution >= 0.6 is 0 Å². The average molecular weight is 283 g/mol. The summed E-state index contributed by atoms with van der Waals surface area (Å²) in [5, 5.41) is 2.38. The Morgan fingerprint density at radius 3 is 2.38 bits per heavy atom. The highest BCUT2D eigenvalue weighted by molar-refractivity contribution is 6.02. The Hall–Kier alpha value is -1.91. The van der Waals surface area contributed by atoms with Gasteiger partial charge in [-0.1, -0.05) is 24.3 Å². The third kappa shape index (κ3) is 2.64. The molecule has 0 atom stereocenters. The van der Waals surface area contributed by atoms with E-state index in [2.05, 4.69) is 29.1 Å². The molecule has 3 rings (SSSR count). The predicted octanol–water partition coefficient (Wildman–Crippen LogP) is 2.22. The molecule has 0 radical (unpaired) electrons. The zero-order valence-corrected chi connectivity index (χ0v) is 12.3. The fourth-order valence-corrected chi connectivity index (χ4v) is 3.27. The molecule has 1 fully saturated rings. The third-order valence-electron chi connectivity index (χ3n) is 4.41. The molecule has 0 aliphatic carbocycles. The van der Waals surface area contributed by atoms with Gasteiger partial charge < -0.3 is 5.73 Å². The molecule has 1 aliphatic heterocycles. The molecule has 110 valence electrons. The second-order valence-corrected chi connectivity index (χ2v) is 5.68. The number of primary amides is 1. The second-order valence-electron chi connectivity index (χ2n) is 5.68. The van der Waals surface area contributed by atoms with Crippen molar-refractivity contribution in [3.63, 3.8) is 0 Å². The Labute approximate surface area is 124 Å². The van der Waals surface area contributed by atoms with Crippen LogP contribution < -0.4 is 16.6 Å². The minimum atomic E-state index is -0.343. The van der Waals surface area contributed by atoms with Crippen LogP contribution in [0.2, 0.25) is 0 Å². The van der Waals surface area contributed by atoms with E-state index in [1.807, 2.05) is 19.1 Å². The van der Waals surface area contributed by atoms with Gasteiger partial charge in [0.05, 0.1) is 0 Å². The number of nitrogens with one attached hydrogen (secondary N) is 2. The van der Waals surface area contributed by atoms with Crippen LogP contribution in [-0.4, -0.2) is 19.0 Å². The van der Waals surface area contributed by atoms with Gasteiger partial charge in [0, 0.05) is 18.7 Å². The quantitative estimate of drug-likeness (QED) is 0.791. The number of hydrogen-bond acceptors (Lipinski definition) is 3. The first-order chi connectivity index (χ1) is 10.2. The van der Waals surface area contributed by atoms with E-state index in [1.165, 1.54) is 10.9 Å². The van der Waals surface area contributed by atoms with E-state index in [-0.39, 0.29) is 5.91 Å². The topological polar surface area (TPSA) is 67.2 Å².